The van der Waals surface area contributed by atoms with Gasteiger partial charge in [-0.25, -0.2) is 0 Å². The van der Waals surface area contributed by atoms with Gasteiger partial charge in [0.15, 0.2) is 0 Å². The van der Waals surface area contributed by atoms with Crippen molar-refractivity contribution in [2.45, 2.75) is 19.9 Å². The van der Waals surface area contributed by atoms with Crippen LogP contribution in [-0.2, 0) is 0 Å². The lowest BCUT2D eigenvalue weighted by Crippen LogP contribution is -2.23. The van der Waals surface area contributed by atoms with Gasteiger partial charge in [0.05, 0.1) is 6.04 Å². The first-order valence-corrected chi connectivity index (χ1v) is 4.52. The van der Waals surface area contributed by atoms with Crippen LogP contribution in [0.15, 0.2) is 30.3 Å². The molecule has 1 aromatic carbocycles. The molecule has 1 rings (SSSR count). The van der Waals surface area contributed by atoms with Crippen LogP contribution < -0.4 is 5.73 Å². The Bertz CT molecular complexity index is 303. The fourth-order valence-corrected chi connectivity index (χ4v) is 0.855. The molecule has 1 atom stereocenters. The molecule has 0 aromatic heterocycles. The Morgan fingerprint density at radius 2 is 1.77 bits per heavy atom. The minimum absolute atomic E-state index is 0.0276. The van der Waals surface area contributed by atoms with Gasteiger partial charge in [0, 0.05) is 5.56 Å². The monoisotopic (exact) mass is 173 g/mol. The van der Waals surface area contributed by atoms with Crippen LogP contribution in [0.2, 0.25) is 0 Å². The molecule has 0 fully saturated rings. The van der Waals surface area contributed by atoms with Gasteiger partial charge >= 0.3 is 0 Å². The molecule has 0 aliphatic rings. The summed E-state index contributed by atoms with van der Waals surface area (Å²) in [6, 6.07) is 9.88. The molecule has 1 aromatic rings. The van der Waals surface area contributed by atoms with Gasteiger partial charge in [0.25, 0.3) is 0 Å². The summed E-state index contributed by atoms with van der Waals surface area (Å²) in [6.07, 6.45) is 0. The van der Waals surface area contributed by atoms with Gasteiger partial charge < -0.3 is 5.73 Å². The molecule has 0 aliphatic carbocycles. The maximum Gasteiger partial charge on any atom is 0.0691 e. The highest BCUT2D eigenvalue weighted by atomic mass is 14.6. The Morgan fingerprint density at radius 3 is 2.31 bits per heavy atom. The topological polar surface area (TPSA) is 26.0 Å². The lowest BCUT2D eigenvalue weighted by Gasteiger charge is -2.06. The van der Waals surface area contributed by atoms with Gasteiger partial charge in [0.2, 0.25) is 0 Å². The number of hydrogen-bond donors (Lipinski definition) is 1. The maximum atomic E-state index is 5.79. The van der Waals surface area contributed by atoms with E-state index in [1.807, 2.05) is 30.3 Å². The van der Waals surface area contributed by atoms with E-state index in [9.17, 15) is 0 Å². The lowest BCUT2D eigenvalue weighted by molar-refractivity contribution is 0.584. The highest BCUT2D eigenvalue weighted by molar-refractivity contribution is 5.34. The van der Waals surface area contributed by atoms with Crippen molar-refractivity contribution < 1.29 is 0 Å². The second-order valence-corrected chi connectivity index (χ2v) is 3.41. The lowest BCUT2D eigenvalue weighted by atomic mass is 10.1. The SMILES string of the molecule is CC(C)C(N)C#Cc1ccccc1. The van der Waals surface area contributed by atoms with Crippen LogP contribution in [-0.4, -0.2) is 6.04 Å². The fraction of sp³-hybridized carbons (Fsp3) is 0.333. The standard InChI is InChI=1S/C12H15N/c1-10(2)12(13)9-8-11-6-4-3-5-7-11/h3-7,10,12H,13H2,1-2H3. The van der Waals surface area contributed by atoms with Crippen molar-refractivity contribution in [1.82, 2.24) is 0 Å². The van der Waals surface area contributed by atoms with Crippen molar-refractivity contribution >= 4 is 0 Å². The third kappa shape index (κ3) is 3.31. The molecule has 0 spiro atoms. The van der Waals surface area contributed by atoms with E-state index in [0.29, 0.717) is 5.92 Å². The van der Waals surface area contributed by atoms with Crippen LogP contribution in [0.4, 0.5) is 0 Å². The number of benzene rings is 1. The van der Waals surface area contributed by atoms with E-state index in [4.69, 9.17) is 5.73 Å². The Balaban J connectivity index is 2.68. The largest absolute Gasteiger partial charge is 0.317 e. The zero-order chi connectivity index (χ0) is 9.68. The first-order valence-electron chi connectivity index (χ1n) is 4.52. The van der Waals surface area contributed by atoms with Crippen molar-refractivity contribution in [2.75, 3.05) is 0 Å². The summed E-state index contributed by atoms with van der Waals surface area (Å²) in [5.41, 5.74) is 6.82. The molecule has 0 heterocycles. The summed E-state index contributed by atoms with van der Waals surface area (Å²) in [4.78, 5) is 0. The maximum absolute atomic E-state index is 5.79. The number of rotatable bonds is 1. The van der Waals surface area contributed by atoms with E-state index in [1.54, 1.807) is 0 Å². The van der Waals surface area contributed by atoms with E-state index in [-0.39, 0.29) is 6.04 Å². The van der Waals surface area contributed by atoms with E-state index >= 15 is 0 Å². The third-order valence-corrected chi connectivity index (χ3v) is 1.88. The molecule has 0 saturated carbocycles. The van der Waals surface area contributed by atoms with E-state index in [0.717, 1.165) is 5.56 Å². The summed E-state index contributed by atoms with van der Waals surface area (Å²) >= 11 is 0. The predicted molar refractivity (Wildman–Crippen MR) is 56.1 cm³/mol. The van der Waals surface area contributed by atoms with Gasteiger partial charge in [-0.15, -0.1) is 0 Å². The normalized spacial score (nSPS) is 12.0. The Kier molecular flexibility index (Phi) is 3.54. The number of nitrogens with two attached hydrogens (primary N) is 1. The minimum atomic E-state index is -0.0276. The molecule has 0 bridgehead atoms. The van der Waals surface area contributed by atoms with Crippen LogP contribution >= 0.6 is 0 Å². The van der Waals surface area contributed by atoms with E-state index < -0.39 is 0 Å². The van der Waals surface area contributed by atoms with Gasteiger partial charge in [-0.1, -0.05) is 43.9 Å². The Labute approximate surface area is 80.0 Å². The third-order valence-electron chi connectivity index (χ3n) is 1.88. The molecule has 1 nitrogen and oxygen atoms in total. The van der Waals surface area contributed by atoms with Gasteiger partial charge in [0.1, 0.15) is 0 Å². The van der Waals surface area contributed by atoms with Crippen molar-refractivity contribution in [3.8, 4) is 11.8 Å². The average Bonchev–Trinajstić information content (AvgIpc) is 2.15. The zero-order valence-corrected chi connectivity index (χ0v) is 8.12. The molecule has 0 radical (unpaired) electrons. The van der Waals surface area contributed by atoms with E-state index in [2.05, 4.69) is 25.7 Å². The quantitative estimate of drug-likeness (QED) is 0.646. The first-order chi connectivity index (χ1) is 6.20. The molecular weight excluding hydrogens is 158 g/mol. The average molecular weight is 173 g/mol. The molecule has 0 saturated heterocycles. The van der Waals surface area contributed by atoms with Crippen molar-refractivity contribution in [3.63, 3.8) is 0 Å². The molecule has 2 N–H and O–H groups in total. The molecule has 0 aliphatic heterocycles. The molecule has 68 valence electrons. The van der Waals surface area contributed by atoms with Gasteiger partial charge in [-0.05, 0) is 18.1 Å². The summed E-state index contributed by atoms with van der Waals surface area (Å²) < 4.78 is 0. The smallest absolute Gasteiger partial charge is 0.0691 e. The molecule has 0 amide bonds. The van der Waals surface area contributed by atoms with Crippen LogP contribution in [0.3, 0.4) is 0 Å². The summed E-state index contributed by atoms with van der Waals surface area (Å²) in [6.45, 7) is 4.15. The Morgan fingerprint density at radius 1 is 1.15 bits per heavy atom. The van der Waals surface area contributed by atoms with Crippen molar-refractivity contribution in [2.24, 2.45) is 11.7 Å². The van der Waals surface area contributed by atoms with Crippen LogP contribution in [0.25, 0.3) is 0 Å². The molecule has 1 heteroatoms. The highest BCUT2D eigenvalue weighted by Crippen LogP contribution is 1.98. The molecule has 1 unspecified atom stereocenters. The van der Waals surface area contributed by atoms with Crippen LogP contribution in [0.5, 0.6) is 0 Å². The minimum Gasteiger partial charge on any atom is -0.317 e. The Hall–Kier alpha value is -1.26. The molecular formula is C12H15N. The first kappa shape index (κ1) is 9.83. The molecule has 13 heavy (non-hydrogen) atoms. The fourth-order valence-electron chi connectivity index (χ4n) is 0.855. The number of hydrogen-bond acceptors (Lipinski definition) is 1. The predicted octanol–water partition coefficient (Wildman–Crippen LogP) is 2.02. The zero-order valence-electron chi connectivity index (χ0n) is 8.12. The second-order valence-electron chi connectivity index (χ2n) is 3.41. The van der Waals surface area contributed by atoms with Gasteiger partial charge in [-0.3, -0.25) is 0 Å². The second kappa shape index (κ2) is 4.69. The van der Waals surface area contributed by atoms with Crippen LogP contribution in [0.1, 0.15) is 19.4 Å². The van der Waals surface area contributed by atoms with E-state index in [1.165, 1.54) is 0 Å². The highest BCUT2D eigenvalue weighted by Gasteiger charge is 2.01. The summed E-state index contributed by atoms with van der Waals surface area (Å²) in [5.74, 6) is 6.49. The summed E-state index contributed by atoms with van der Waals surface area (Å²) in [7, 11) is 0. The summed E-state index contributed by atoms with van der Waals surface area (Å²) in [5, 5.41) is 0. The van der Waals surface area contributed by atoms with Crippen molar-refractivity contribution in [3.05, 3.63) is 35.9 Å². The van der Waals surface area contributed by atoms with Crippen molar-refractivity contribution in [1.29, 1.82) is 0 Å². The van der Waals surface area contributed by atoms with Crippen LogP contribution in [0, 0.1) is 17.8 Å². The van der Waals surface area contributed by atoms with Gasteiger partial charge in [-0.2, -0.15) is 0 Å².